The molecule has 0 aromatic heterocycles. The van der Waals surface area contributed by atoms with Crippen LogP contribution >= 0.6 is 27.5 Å². The van der Waals surface area contributed by atoms with Gasteiger partial charge in [0.05, 0.1) is 10.7 Å². The first kappa shape index (κ1) is 15.9. The summed E-state index contributed by atoms with van der Waals surface area (Å²) < 4.78 is 0.902. The minimum absolute atomic E-state index is 0.384. The highest BCUT2D eigenvalue weighted by molar-refractivity contribution is 9.10. The van der Waals surface area contributed by atoms with Crippen LogP contribution in [0.15, 0.2) is 53.0 Å². The Morgan fingerprint density at radius 2 is 1.86 bits per heavy atom. The van der Waals surface area contributed by atoms with Crippen LogP contribution in [0.3, 0.4) is 0 Å². The predicted octanol–water partition coefficient (Wildman–Crippen LogP) is 4.90. The Hall–Kier alpha value is -1.52. The van der Waals surface area contributed by atoms with E-state index in [0.717, 1.165) is 4.47 Å². The third kappa shape index (κ3) is 3.22. The molecule has 3 nitrogen and oxygen atoms in total. The van der Waals surface area contributed by atoms with Crippen LogP contribution in [0, 0.1) is 0 Å². The van der Waals surface area contributed by atoms with Crippen molar-refractivity contribution in [1.82, 2.24) is 0 Å². The van der Waals surface area contributed by atoms with E-state index < -0.39 is 11.5 Å². The van der Waals surface area contributed by atoms with Crippen LogP contribution in [0.4, 0.5) is 5.69 Å². The number of hydrogen-bond donors (Lipinski definition) is 2. The Morgan fingerprint density at radius 3 is 2.38 bits per heavy atom. The summed E-state index contributed by atoms with van der Waals surface area (Å²) in [4.78, 5) is 11.9. The van der Waals surface area contributed by atoms with Crippen LogP contribution in [0.1, 0.15) is 18.9 Å². The summed E-state index contributed by atoms with van der Waals surface area (Å²) in [6, 6.07) is 14.4. The molecule has 0 saturated heterocycles. The molecule has 1 unspecified atom stereocenters. The summed E-state index contributed by atoms with van der Waals surface area (Å²) in [6.07, 6.45) is 0.384. The first-order chi connectivity index (χ1) is 9.99. The van der Waals surface area contributed by atoms with Gasteiger partial charge in [-0.1, -0.05) is 58.7 Å². The molecule has 110 valence electrons. The van der Waals surface area contributed by atoms with Crippen molar-refractivity contribution in [3.63, 3.8) is 0 Å². The van der Waals surface area contributed by atoms with Gasteiger partial charge in [-0.2, -0.15) is 0 Å². The number of aliphatic carboxylic acids is 1. The molecule has 5 heteroatoms. The van der Waals surface area contributed by atoms with Crippen LogP contribution in [-0.2, 0) is 10.3 Å². The normalized spacial score (nSPS) is 13.5. The number of para-hydroxylation sites is 1. The number of hydrogen-bond acceptors (Lipinski definition) is 2. The van der Waals surface area contributed by atoms with Crippen molar-refractivity contribution in [3.05, 3.63) is 63.6 Å². The van der Waals surface area contributed by atoms with Gasteiger partial charge in [0, 0.05) is 4.47 Å². The van der Waals surface area contributed by atoms with Crippen molar-refractivity contribution in [2.45, 2.75) is 18.9 Å². The van der Waals surface area contributed by atoms with Gasteiger partial charge in [0.2, 0.25) is 0 Å². The van der Waals surface area contributed by atoms with E-state index in [1.807, 2.05) is 31.2 Å². The number of halogens is 2. The SMILES string of the molecule is CCC(Nc1ccccc1Cl)(C(=O)O)c1ccc(Br)cc1. The van der Waals surface area contributed by atoms with Crippen molar-refractivity contribution in [2.75, 3.05) is 5.32 Å². The van der Waals surface area contributed by atoms with Crippen molar-refractivity contribution in [1.29, 1.82) is 0 Å². The summed E-state index contributed by atoms with van der Waals surface area (Å²) in [5, 5.41) is 13.4. The molecule has 0 aliphatic heterocycles. The zero-order chi connectivity index (χ0) is 15.5. The maximum Gasteiger partial charge on any atom is 0.334 e. The lowest BCUT2D eigenvalue weighted by Crippen LogP contribution is -2.43. The molecule has 0 aliphatic carbocycles. The van der Waals surface area contributed by atoms with Crippen LogP contribution in [0.25, 0.3) is 0 Å². The number of benzene rings is 2. The Labute approximate surface area is 137 Å². The molecule has 2 rings (SSSR count). The standard InChI is InChI=1S/C16H15BrClNO2/c1-2-16(15(20)21,11-7-9-12(17)10-8-11)19-14-6-4-3-5-13(14)18/h3-10,19H,2H2,1H3,(H,20,21). The minimum atomic E-state index is -1.22. The van der Waals surface area contributed by atoms with Crippen LogP contribution in [-0.4, -0.2) is 11.1 Å². The molecule has 1 atom stereocenters. The number of carboxylic acids is 1. The van der Waals surface area contributed by atoms with E-state index in [1.165, 1.54) is 0 Å². The smallest absolute Gasteiger partial charge is 0.334 e. The van der Waals surface area contributed by atoms with Crippen LogP contribution in [0.2, 0.25) is 5.02 Å². The van der Waals surface area contributed by atoms with Crippen molar-refractivity contribution < 1.29 is 9.90 Å². The van der Waals surface area contributed by atoms with Crippen molar-refractivity contribution in [3.8, 4) is 0 Å². The van der Waals surface area contributed by atoms with Gasteiger partial charge in [-0.25, -0.2) is 4.79 Å². The molecule has 0 aliphatic rings. The maximum atomic E-state index is 11.9. The third-order valence-corrected chi connectivity index (χ3v) is 4.31. The number of carboxylic acid groups (broad SMARTS) is 1. The molecular weight excluding hydrogens is 354 g/mol. The Morgan fingerprint density at radius 1 is 1.24 bits per heavy atom. The van der Waals surface area contributed by atoms with E-state index >= 15 is 0 Å². The fraction of sp³-hybridized carbons (Fsp3) is 0.188. The van der Waals surface area contributed by atoms with Crippen LogP contribution in [0.5, 0.6) is 0 Å². The summed E-state index contributed by atoms with van der Waals surface area (Å²) in [6.45, 7) is 1.83. The molecule has 2 aromatic rings. The second kappa shape index (κ2) is 6.50. The van der Waals surface area contributed by atoms with Gasteiger partial charge in [0.1, 0.15) is 0 Å². The molecule has 0 bridgehead atoms. The monoisotopic (exact) mass is 367 g/mol. The van der Waals surface area contributed by atoms with E-state index in [-0.39, 0.29) is 0 Å². The lowest BCUT2D eigenvalue weighted by Gasteiger charge is -2.31. The summed E-state index contributed by atoms with van der Waals surface area (Å²) in [7, 11) is 0. The van der Waals surface area contributed by atoms with Gasteiger partial charge >= 0.3 is 5.97 Å². The van der Waals surface area contributed by atoms with Crippen LogP contribution < -0.4 is 5.32 Å². The lowest BCUT2D eigenvalue weighted by molar-refractivity contribution is -0.142. The second-order valence-corrected chi connectivity index (χ2v) is 6.00. The van der Waals surface area contributed by atoms with Gasteiger partial charge in [0.25, 0.3) is 0 Å². The number of carbonyl (C=O) groups is 1. The molecule has 0 saturated carbocycles. The van der Waals surface area contributed by atoms with E-state index in [2.05, 4.69) is 21.2 Å². The highest BCUT2D eigenvalue weighted by Gasteiger charge is 2.39. The third-order valence-electron chi connectivity index (χ3n) is 3.45. The lowest BCUT2D eigenvalue weighted by atomic mass is 9.87. The summed E-state index contributed by atoms with van der Waals surface area (Å²) >= 11 is 9.50. The van der Waals surface area contributed by atoms with E-state index in [1.54, 1.807) is 24.3 Å². The van der Waals surface area contributed by atoms with Gasteiger partial charge in [-0.3, -0.25) is 0 Å². The molecule has 0 spiro atoms. The molecule has 0 amide bonds. The fourth-order valence-electron chi connectivity index (χ4n) is 2.22. The number of anilines is 1. The first-order valence-corrected chi connectivity index (χ1v) is 7.69. The molecular formula is C16H15BrClNO2. The van der Waals surface area contributed by atoms with E-state index in [4.69, 9.17) is 11.6 Å². The largest absolute Gasteiger partial charge is 0.479 e. The minimum Gasteiger partial charge on any atom is -0.479 e. The highest BCUT2D eigenvalue weighted by atomic mass is 79.9. The zero-order valence-corrected chi connectivity index (χ0v) is 13.8. The molecule has 0 heterocycles. The molecule has 0 fully saturated rings. The van der Waals surface area contributed by atoms with Crippen molar-refractivity contribution >= 4 is 39.2 Å². The Kier molecular flexibility index (Phi) is 4.91. The Balaban J connectivity index is 2.50. The average Bonchev–Trinajstić information content (AvgIpc) is 2.47. The topological polar surface area (TPSA) is 49.3 Å². The van der Waals surface area contributed by atoms with Crippen molar-refractivity contribution in [2.24, 2.45) is 0 Å². The molecule has 2 N–H and O–H groups in total. The zero-order valence-electron chi connectivity index (χ0n) is 11.4. The molecule has 21 heavy (non-hydrogen) atoms. The summed E-state index contributed by atoms with van der Waals surface area (Å²) in [5.74, 6) is -0.938. The van der Waals surface area contributed by atoms with E-state index in [0.29, 0.717) is 22.7 Å². The fourth-order valence-corrected chi connectivity index (χ4v) is 2.67. The molecule has 0 radical (unpaired) electrons. The maximum absolute atomic E-state index is 11.9. The number of rotatable bonds is 5. The highest BCUT2D eigenvalue weighted by Crippen LogP contribution is 2.33. The quantitative estimate of drug-likeness (QED) is 0.789. The Bertz CT molecular complexity index is 645. The van der Waals surface area contributed by atoms with E-state index in [9.17, 15) is 9.90 Å². The van der Waals surface area contributed by atoms with Gasteiger partial charge in [-0.05, 0) is 36.2 Å². The van der Waals surface area contributed by atoms with Gasteiger partial charge < -0.3 is 10.4 Å². The molecule has 2 aromatic carbocycles. The predicted molar refractivity (Wildman–Crippen MR) is 88.8 cm³/mol. The number of nitrogens with one attached hydrogen (secondary N) is 1. The van der Waals surface area contributed by atoms with Gasteiger partial charge in [0.15, 0.2) is 5.54 Å². The van der Waals surface area contributed by atoms with Gasteiger partial charge in [-0.15, -0.1) is 0 Å². The summed E-state index contributed by atoms with van der Waals surface area (Å²) in [5.41, 5.74) is 0.0676. The average molecular weight is 369 g/mol. The second-order valence-electron chi connectivity index (χ2n) is 4.68. The first-order valence-electron chi connectivity index (χ1n) is 6.52.